The summed E-state index contributed by atoms with van der Waals surface area (Å²) in [6.07, 6.45) is 3.35. The van der Waals surface area contributed by atoms with Crippen molar-refractivity contribution in [2.45, 2.75) is 6.54 Å². The molecule has 122 valence electrons. The van der Waals surface area contributed by atoms with Crippen LogP contribution < -0.4 is 15.6 Å². The van der Waals surface area contributed by atoms with E-state index in [-0.39, 0.29) is 5.56 Å². The van der Waals surface area contributed by atoms with Crippen LogP contribution in [-0.2, 0) is 13.6 Å². The van der Waals surface area contributed by atoms with Gasteiger partial charge in [0, 0.05) is 43.2 Å². The highest BCUT2D eigenvalue weighted by Gasteiger charge is 2.08. The van der Waals surface area contributed by atoms with Crippen molar-refractivity contribution >= 4 is 5.95 Å². The lowest BCUT2D eigenvalue weighted by Gasteiger charge is -2.13. The lowest BCUT2D eigenvalue weighted by molar-refractivity contribution is 0.410. The molecule has 3 aromatic rings. The Hall–Kier alpha value is -3.15. The molecule has 0 spiro atoms. The molecule has 0 aliphatic carbocycles. The van der Waals surface area contributed by atoms with Gasteiger partial charge < -0.3 is 10.1 Å². The Morgan fingerprint density at radius 3 is 2.67 bits per heavy atom. The topological polar surface area (TPSA) is 69.0 Å². The molecule has 1 N–H and O–H groups in total. The highest BCUT2D eigenvalue weighted by atomic mass is 16.5. The van der Waals surface area contributed by atoms with Crippen molar-refractivity contribution in [1.29, 1.82) is 0 Å². The van der Waals surface area contributed by atoms with Crippen LogP contribution in [-0.4, -0.2) is 21.6 Å². The number of nitrogens with zero attached hydrogens (tertiary/aromatic N) is 3. The molecule has 3 rings (SSSR count). The number of ether oxygens (including phenoxy) is 1. The molecule has 0 saturated carbocycles. The molecule has 2 aromatic heterocycles. The van der Waals surface area contributed by atoms with E-state index in [1.807, 2.05) is 36.4 Å². The number of anilines is 1. The first-order valence-corrected chi connectivity index (χ1v) is 7.53. The monoisotopic (exact) mass is 322 g/mol. The Bertz CT molecular complexity index is 891. The normalized spacial score (nSPS) is 10.4. The minimum absolute atomic E-state index is 0.126. The number of rotatable bonds is 5. The molecule has 0 radical (unpaired) electrons. The van der Waals surface area contributed by atoms with Crippen molar-refractivity contribution in [1.82, 2.24) is 14.5 Å². The lowest BCUT2D eigenvalue weighted by atomic mass is 10.2. The minimum atomic E-state index is -0.126. The molecule has 0 bridgehead atoms. The van der Waals surface area contributed by atoms with Crippen molar-refractivity contribution in [2.75, 3.05) is 12.4 Å². The number of nitrogens with one attached hydrogen (secondary N) is 1. The zero-order chi connectivity index (χ0) is 16.9. The van der Waals surface area contributed by atoms with Gasteiger partial charge in [-0.2, -0.15) is 0 Å². The summed E-state index contributed by atoms with van der Waals surface area (Å²) < 4.78 is 6.83. The first kappa shape index (κ1) is 15.7. The SMILES string of the molecule is COc1ccccc1CNc1nc(-c2ccncc2)cc(=O)n1C. The molecule has 0 aliphatic heterocycles. The molecule has 0 atom stereocenters. The van der Waals surface area contributed by atoms with E-state index in [0.717, 1.165) is 16.9 Å². The summed E-state index contributed by atoms with van der Waals surface area (Å²) in [6.45, 7) is 0.504. The minimum Gasteiger partial charge on any atom is -0.496 e. The fraction of sp³-hybridized carbons (Fsp3) is 0.167. The number of pyridine rings is 1. The molecule has 24 heavy (non-hydrogen) atoms. The quantitative estimate of drug-likeness (QED) is 0.781. The van der Waals surface area contributed by atoms with Crippen LogP contribution in [0, 0.1) is 0 Å². The third-order valence-electron chi connectivity index (χ3n) is 3.74. The molecule has 0 fully saturated rings. The highest BCUT2D eigenvalue weighted by Crippen LogP contribution is 2.19. The van der Waals surface area contributed by atoms with Crippen LogP contribution in [0.2, 0.25) is 0 Å². The molecular formula is C18H18N4O2. The summed E-state index contributed by atoms with van der Waals surface area (Å²) in [7, 11) is 3.33. The van der Waals surface area contributed by atoms with Gasteiger partial charge in [-0.05, 0) is 18.2 Å². The van der Waals surface area contributed by atoms with Crippen LogP contribution in [0.25, 0.3) is 11.3 Å². The average Bonchev–Trinajstić information content (AvgIpc) is 2.63. The van der Waals surface area contributed by atoms with Crippen molar-refractivity contribution in [2.24, 2.45) is 7.05 Å². The molecule has 0 amide bonds. The van der Waals surface area contributed by atoms with E-state index in [9.17, 15) is 4.79 Å². The van der Waals surface area contributed by atoms with Crippen molar-refractivity contribution in [3.8, 4) is 17.0 Å². The van der Waals surface area contributed by atoms with Crippen LogP contribution in [0.15, 0.2) is 59.7 Å². The Kier molecular flexibility index (Phi) is 4.56. The van der Waals surface area contributed by atoms with E-state index in [1.54, 1.807) is 26.6 Å². The summed E-state index contributed by atoms with van der Waals surface area (Å²) in [4.78, 5) is 20.8. The number of hydrogen-bond acceptors (Lipinski definition) is 5. The molecule has 1 aromatic carbocycles. The zero-order valence-electron chi connectivity index (χ0n) is 13.6. The molecule has 0 aliphatic rings. The van der Waals surface area contributed by atoms with Gasteiger partial charge in [-0.3, -0.25) is 14.3 Å². The standard InChI is InChI=1S/C18H18N4O2/c1-22-17(23)11-15(13-7-9-19-10-8-13)21-18(22)20-12-14-5-3-4-6-16(14)24-2/h3-11H,12H2,1-2H3,(H,20,21). The predicted octanol–water partition coefficient (Wildman–Crippen LogP) is 2.46. The van der Waals surface area contributed by atoms with Crippen molar-refractivity contribution in [3.63, 3.8) is 0 Å². The van der Waals surface area contributed by atoms with Gasteiger partial charge in [-0.1, -0.05) is 18.2 Å². The van der Waals surface area contributed by atoms with E-state index in [0.29, 0.717) is 18.2 Å². The summed E-state index contributed by atoms with van der Waals surface area (Å²) in [5.74, 6) is 1.29. The van der Waals surface area contributed by atoms with E-state index < -0.39 is 0 Å². The van der Waals surface area contributed by atoms with Crippen LogP contribution in [0.5, 0.6) is 5.75 Å². The van der Waals surface area contributed by atoms with Gasteiger partial charge >= 0.3 is 0 Å². The maximum Gasteiger partial charge on any atom is 0.255 e. The van der Waals surface area contributed by atoms with Gasteiger partial charge in [0.2, 0.25) is 5.95 Å². The molecule has 0 unspecified atom stereocenters. The number of benzene rings is 1. The Morgan fingerprint density at radius 2 is 1.92 bits per heavy atom. The van der Waals surface area contributed by atoms with Gasteiger partial charge in [-0.15, -0.1) is 0 Å². The first-order chi connectivity index (χ1) is 11.7. The van der Waals surface area contributed by atoms with Gasteiger partial charge in [0.1, 0.15) is 5.75 Å². The third-order valence-corrected chi connectivity index (χ3v) is 3.74. The number of methoxy groups -OCH3 is 1. The van der Waals surface area contributed by atoms with Crippen LogP contribution >= 0.6 is 0 Å². The van der Waals surface area contributed by atoms with E-state index in [2.05, 4.69) is 15.3 Å². The Morgan fingerprint density at radius 1 is 1.17 bits per heavy atom. The largest absolute Gasteiger partial charge is 0.496 e. The summed E-state index contributed by atoms with van der Waals surface area (Å²) in [6, 6.07) is 12.9. The van der Waals surface area contributed by atoms with E-state index >= 15 is 0 Å². The van der Waals surface area contributed by atoms with Gasteiger partial charge in [0.05, 0.1) is 12.8 Å². The van der Waals surface area contributed by atoms with Crippen molar-refractivity contribution in [3.05, 3.63) is 70.8 Å². The molecule has 6 heteroatoms. The molecule has 2 heterocycles. The maximum absolute atomic E-state index is 12.2. The molecule has 0 saturated heterocycles. The molecule has 6 nitrogen and oxygen atoms in total. The van der Waals surface area contributed by atoms with E-state index in [1.165, 1.54) is 10.6 Å². The van der Waals surface area contributed by atoms with Crippen LogP contribution in [0.3, 0.4) is 0 Å². The first-order valence-electron chi connectivity index (χ1n) is 7.53. The fourth-order valence-electron chi connectivity index (χ4n) is 2.39. The smallest absolute Gasteiger partial charge is 0.255 e. The highest BCUT2D eigenvalue weighted by molar-refractivity contribution is 5.59. The average molecular weight is 322 g/mol. The van der Waals surface area contributed by atoms with Crippen LogP contribution in [0.1, 0.15) is 5.56 Å². The third kappa shape index (κ3) is 3.27. The van der Waals surface area contributed by atoms with Gasteiger partial charge in [0.25, 0.3) is 5.56 Å². The predicted molar refractivity (Wildman–Crippen MR) is 93.0 cm³/mol. The Labute approximate surface area is 139 Å². The maximum atomic E-state index is 12.2. The summed E-state index contributed by atoms with van der Waals surface area (Å²) in [5.41, 5.74) is 2.33. The summed E-state index contributed by atoms with van der Waals surface area (Å²) in [5, 5.41) is 3.21. The van der Waals surface area contributed by atoms with E-state index in [4.69, 9.17) is 4.74 Å². The Balaban J connectivity index is 1.90. The van der Waals surface area contributed by atoms with Crippen molar-refractivity contribution < 1.29 is 4.74 Å². The zero-order valence-corrected chi connectivity index (χ0v) is 13.6. The second-order valence-electron chi connectivity index (χ2n) is 5.26. The number of aromatic nitrogens is 3. The second kappa shape index (κ2) is 6.95. The lowest BCUT2D eigenvalue weighted by Crippen LogP contribution is -2.21. The fourth-order valence-corrected chi connectivity index (χ4v) is 2.39. The second-order valence-corrected chi connectivity index (χ2v) is 5.26. The number of hydrogen-bond donors (Lipinski definition) is 1. The number of para-hydroxylation sites is 1. The van der Waals surface area contributed by atoms with Crippen LogP contribution in [0.4, 0.5) is 5.95 Å². The van der Waals surface area contributed by atoms with Gasteiger partial charge in [0.15, 0.2) is 0 Å². The van der Waals surface area contributed by atoms with Gasteiger partial charge in [-0.25, -0.2) is 4.98 Å². The molecular weight excluding hydrogens is 304 g/mol. The summed E-state index contributed by atoms with van der Waals surface area (Å²) >= 11 is 0.